The second-order valence-corrected chi connectivity index (χ2v) is 8.23. The summed E-state index contributed by atoms with van der Waals surface area (Å²) in [5, 5.41) is 11.8. The van der Waals surface area contributed by atoms with Gasteiger partial charge in [0.25, 0.3) is 0 Å². The lowest BCUT2D eigenvalue weighted by molar-refractivity contribution is 0.0508. The van der Waals surface area contributed by atoms with Crippen molar-refractivity contribution in [1.29, 1.82) is 0 Å². The average Bonchev–Trinajstić information content (AvgIpc) is 2.70. The van der Waals surface area contributed by atoms with Crippen molar-refractivity contribution in [2.75, 3.05) is 6.26 Å². The number of thiophene rings is 1. The Kier molecular flexibility index (Phi) is 3.20. The Labute approximate surface area is 108 Å². The van der Waals surface area contributed by atoms with E-state index in [1.165, 1.54) is 17.6 Å². The molecule has 0 amide bonds. The molecule has 0 aliphatic heterocycles. The highest BCUT2D eigenvalue weighted by Gasteiger charge is 2.49. The normalized spacial score (nSPS) is 30.8. The first-order chi connectivity index (χ1) is 7.36. The molecule has 1 aliphatic rings. The summed E-state index contributed by atoms with van der Waals surface area (Å²) < 4.78 is 24.2. The van der Waals surface area contributed by atoms with E-state index in [9.17, 15) is 13.5 Å². The Morgan fingerprint density at radius 3 is 2.81 bits per heavy atom. The van der Waals surface area contributed by atoms with Gasteiger partial charge in [-0.1, -0.05) is 0 Å². The van der Waals surface area contributed by atoms with Crippen LogP contribution in [0.2, 0.25) is 0 Å². The molecule has 1 heterocycles. The van der Waals surface area contributed by atoms with Crippen molar-refractivity contribution in [2.24, 2.45) is 0 Å². The van der Waals surface area contributed by atoms with Gasteiger partial charge in [-0.15, -0.1) is 11.3 Å². The Morgan fingerprint density at radius 2 is 2.31 bits per heavy atom. The van der Waals surface area contributed by atoms with Crippen LogP contribution < -0.4 is 0 Å². The lowest BCUT2D eigenvalue weighted by Crippen LogP contribution is -2.39. The molecule has 0 radical (unpaired) electrons. The van der Waals surface area contributed by atoms with Crippen molar-refractivity contribution in [3.63, 3.8) is 0 Å². The van der Waals surface area contributed by atoms with Gasteiger partial charge in [-0.3, -0.25) is 0 Å². The molecule has 0 spiro atoms. The summed E-state index contributed by atoms with van der Waals surface area (Å²) in [7, 11) is -3.22. The monoisotopic (exact) mass is 324 g/mol. The Balaban J connectivity index is 2.49. The largest absolute Gasteiger partial charge is 0.383 e. The standard InChI is InChI=1S/C10H13BrO3S2/c1-16(13,14)8-3-2-5-10(8,12)9-7(11)4-6-15-9/h4,6,8,12H,2-3,5H2,1H3. The Hall–Kier alpha value is 0.0900. The molecule has 2 rings (SSSR count). The Morgan fingerprint density at radius 1 is 1.62 bits per heavy atom. The van der Waals surface area contributed by atoms with Crippen molar-refractivity contribution in [1.82, 2.24) is 0 Å². The third kappa shape index (κ3) is 1.96. The molecule has 1 fully saturated rings. The van der Waals surface area contributed by atoms with Crippen LogP contribution in [0.25, 0.3) is 0 Å². The van der Waals surface area contributed by atoms with E-state index < -0.39 is 20.7 Å². The molecule has 16 heavy (non-hydrogen) atoms. The summed E-state index contributed by atoms with van der Waals surface area (Å²) in [6, 6.07) is 1.84. The van der Waals surface area contributed by atoms with Gasteiger partial charge in [0.05, 0.1) is 10.1 Å². The molecule has 1 aliphatic carbocycles. The van der Waals surface area contributed by atoms with Gasteiger partial charge in [-0.2, -0.15) is 0 Å². The highest BCUT2D eigenvalue weighted by Crippen LogP contribution is 2.46. The first kappa shape index (κ1) is 12.5. The molecular weight excluding hydrogens is 312 g/mol. The van der Waals surface area contributed by atoms with Gasteiger partial charge in [0, 0.05) is 10.7 Å². The fourth-order valence-electron chi connectivity index (χ4n) is 2.39. The predicted molar refractivity (Wildman–Crippen MR) is 68.4 cm³/mol. The van der Waals surface area contributed by atoms with Crippen molar-refractivity contribution in [2.45, 2.75) is 30.1 Å². The zero-order chi connectivity index (χ0) is 12.0. The zero-order valence-electron chi connectivity index (χ0n) is 8.81. The summed E-state index contributed by atoms with van der Waals surface area (Å²) in [5.41, 5.74) is -1.21. The summed E-state index contributed by atoms with van der Waals surface area (Å²) in [4.78, 5) is 0.737. The van der Waals surface area contributed by atoms with Crippen LogP contribution in [0.15, 0.2) is 15.9 Å². The third-order valence-corrected chi connectivity index (χ3v) is 6.75. The highest BCUT2D eigenvalue weighted by atomic mass is 79.9. The predicted octanol–water partition coefficient (Wildman–Crippen LogP) is 2.30. The number of hydrogen-bond donors (Lipinski definition) is 1. The van der Waals surface area contributed by atoms with Gasteiger partial charge in [-0.05, 0) is 46.6 Å². The number of aliphatic hydroxyl groups is 1. The molecular formula is C10H13BrO3S2. The van der Waals surface area contributed by atoms with Crippen LogP contribution in [0.3, 0.4) is 0 Å². The molecule has 1 aromatic heterocycles. The molecule has 1 aromatic rings. The molecule has 90 valence electrons. The fraction of sp³-hybridized carbons (Fsp3) is 0.600. The van der Waals surface area contributed by atoms with Crippen LogP contribution in [0, 0.1) is 0 Å². The number of rotatable bonds is 2. The van der Waals surface area contributed by atoms with E-state index in [2.05, 4.69) is 15.9 Å². The van der Waals surface area contributed by atoms with Gasteiger partial charge < -0.3 is 5.11 Å². The van der Waals surface area contributed by atoms with E-state index in [1.54, 1.807) is 0 Å². The van der Waals surface area contributed by atoms with Crippen LogP contribution in [-0.2, 0) is 15.4 Å². The van der Waals surface area contributed by atoms with E-state index in [-0.39, 0.29) is 0 Å². The second kappa shape index (κ2) is 4.08. The fourth-order valence-corrected chi connectivity index (χ4v) is 5.90. The molecule has 2 unspecified atom stereocenters. The molecule has 0 saturated heterocycles. The summed E-state index contributed by atoms with van der Waals surface area (Å²) in [6.07, 6.45) is 3.01. The Bertz CT molecular complexity index is 494. The molecule has 0 aromatic carbocycles. The first-order valence-electron chi connectivity index (χ1n) is 5.00. The minimum Gasteiger partial charge on any atom is -0.383 e. The number of halogens is 1. The molecule has 1 N–H and O–H groups in total. The van der Waals surface area contributed by atoms with Crippen LogP contribution >= 0.6 is 27.3 Å². The van der Waals surface area contributed by atoms with Crippen LogP contribution in [0.4, 0.5) is 0 Å². The SMILES string of the molecule is CS(=O)(=O)C1CCCC1(O)c1sccc1Br. The summed E-state index contributed by atoms with van der Waals surface area (Å²) in [6.45, 7) is 0. The summed E-state index contributed by atoms with van der Waals surface area (Å²) >= 11 is 4.77. The highest BCUT2D eigenvalue weighted by molar-refractivity contribution is 9.10. The van der Waals surface area contributed by atoms with E-state index in [4.69, 9.17) is 0 Å². The van der Waals surface area contributed by atoms with E-state index >= 15 is 0 Å². The van der Waals surface area contributed by atoms with Crippen molar-refractivity contribution >= 4 is 37.1 Å². The van der Waals surface area contributed by atoms with Crippen LogP contribution in [0.5, 0.6) is 0 Å². The maximum Gasteiger partial charge on any atom is 0.153 e. The second-order valence-electron chi connectivity index (χ2n) is 4.23. The average molecular weight is 325 g/mol. The quantitative estimate of drug-likeness (QED) is 0.908. The van der Waals surface area contributed by atoms with Crippen molar-refractivity contribution in [3.8, 4) is 0 Å². The maximum atomic E-state index is 11.7. The minimum atomic E-state index is -3.22. The van der Waals surface area contributed by atoms with Crippen molar-refractivity contribution in [3.05, 3.63) is 20.8 Å². The van der Waals surface area contributed by atoms with Gasteiger partial charge >= 0.3 is 0 Å². The lowest BCUT2D eigenvalue weighted by atomic mass is 10.0. The number of hydrogen-bond acceptors (Lipinski definition) is 4. The van der Waals surface area contributed by atoms with Gasteiger partial charge in [-0.25, -0.2) is 8.42 Å². The molecule has 6 heteroatoms. The van der Waals surface area contributed by atoms with Crippen LogP contribution in [0.1, 0.15) is 24.1 Å². The van der Waals surface area contributed by atoms with E-state index in [1.807, 2.05) is 11.4 Å². The van der Waals surface area contributed by atoms with Gasteiger partial charge in [0.2, 0.25) is 0 Å². The molecule has 3 nitrogen and oxygen atoms in total. The minimum absolute atomic E-state index is 0.518. The van der Waals surface area contributed by atoms with E-state index in [0.717, 1.165) is 15.8 Å². The third-order valence-electron chi connectivity index (χ3n) is 3.08. The lowest BCUT2D eigenvalue weighted by Gasteiger charge is -2.28. The maximum absolute atomic E-state index is 11.7. The molecule has 1 saturated carbocycles. The van der Waals surface area contributed by atoms with Gasteiger partial charge in [0.15, 0.2) is 9.84 Å². The van der Waals surface area contributed by atoms with Gasteiger partial charge in [0.1, 0.15) is 5.60 Å². The number of sulfone groups is 1. The van der Waals surface area contributed by atoms with Crippen molar-refractivity contribution < 1.29 is 13.5 Å². The van der Waals surface area contributed by atoms with Crippen LogP contribution in [-0.4, -0.2) is 25.0 Å². The molecule has 2 atom stereocenters. The first-order valence-corrected chi connectivity index (χ1v) is 8.63. The zero-order valence-corrected chi connectivity index (χ0v) is 12.0. The molecule has 0 bridgehead atoms. The van der Waals surface area contributed by atoms with E-state index in [0.29, 0.717) is 12.8 Å². The topological polar surface area (TPSA) is 54.4 Å². The smallest absolute Gasteiger partial charge is 0.153 e. The summed E-state index contributed by atoms with van der Waals surface area (Å²) in [5.74, 6) is 0.